The zero-order valence-electron chi connectivity index (χ0n) is 14.0. The molecule has 1 aromatic carbocycles. The lowest BCUT2D eigenvalue weighted by Gasteiger charge is -2.37. The number of likely N-dealkylation sites (N-methyl/N-ethyl adjacent to an activating group) is 1. The molecule has 1 aromatic rings. The van der Waals surface area contributed by atoms with Gasteiger partial charge in [-0.05, 0) is 32.0 Å². The van der Waals surface area contributed by atoms with Gasteiger partial charge in [0.2, 0.25) is 10.0 Å². The molecular weight excluding hydrogens is 317 g/mol. The first-order chi connectivity index (χ1) is 10.8. The van der Waals surface area contributed by atoms with Crippen LogP contribution < -0.4 is 4.72 Å². The van der Waals surface area contributed by atoms with E-state index in [-0.39, 0.29) is 17.5 Å². The van der Waals surface area contributed by atoms with E-state index in [0.717, 1.165) is 32.7 Å². The summed E-state index contributed by atoms with van der Waals surface area (Å²) >= 11 is 0. The number of nitrogens with zero attached hydrogens (tertiary/aromatic N) is 2. The summed E-state index contributed by atoms with van der Waals surface area (Å²) in [5.41, 5.74) is 0.330. The van der Waals surface area contributed by atoms with E-state index in [1.54, 1.807) is 19.1 Å². The average molecular weight is 343 g/mol. The van der Waals surface area contributed by atoms with Crippen molar-refractivity contribution in [1.29, 1.82) is 0 Å². The number of aryl methyl sites for hydroxylation is 1. The molecule has 23 heavy (non-hydrogen) atoms. The second kappa shape index (κ2) is 7.70. The van der Waals surface area contributed by atoms with Crippen molar-refractivity contribution in [3.63, 3.8) is 0 Å². The summed E-state index contributed by atoms with van der Waals surface area (Å²) in [7, 11) is -3.82. The molecule has 7 heteroatoms. The maximum absolute atomic E-state index is 14.0. The van der Waals surface area contributed by atoms with Crippen LogP contribution in [0.4, 0.5) is 4.39 Å². The summed E-state index contributed by atoms with van der Waals surface area (Å²) in [6.07, 6.45) is 0. The van der Waals surface area contributed by atoms with Gasteiger partial charge < -0.3 is 4.90 Å². The first-order valence-corrected chi connectivity index (χ1v) is 9.54. The molecule has 0 radical (unpaired) electrons. The number of sulfonamides is 1. The quantitative estimate of drug-likeness (QED) is 0.849. The van der Waals surface area contributed by atoms with E-state index in [1.165, 1.54) is 6.07 Å². The fourth-order valence-corrected chi connectivity index (χ4v) is 4.06. The van der Waals surface area contributed by atoms with Gasteiger partial charge in [-0.1, -0.05) is 19.1 Å². The molecule has 130 valence electrons. The summed E-state index contributed by atoms with van der Waals surface area (Å²) in [4.78, 5) is 4.36. The highest BCUT2D eigenvalue weighted by Crippen LogP contribution is 2.17. The van der Waals surface area contributed by atoms with Gasteiger partial charge in [0.15, 0.2) is 0 Å². The van der Waals surface area contributed by atoms with Crippen molar-refractivity contribution in [2.75, 3.05) is 39.3 Å². The lowest BCUT2D eigenvalue weighted by atomic mass is 10.2. The molecule has 5 nitrogen and oxygen atoms in total. The van der Waals surface area contributed by atoms with Gasteiger partial charge in [0, 0.05) is 38.8 Å². The molecule has 1 aliphatic rings. The first-order valence-electron chi connectivity index (χ1n) is 8.06. The molecule has 0 aliphatic carbocycles. The van der Waals surface area contributed by atoms with Crippen molar-refractivity contribution in [3.8, 4) is 0 Å². The third kappa shape index (κ3) is 4.50. The minimum Gasteiger partial charge on any atom is -0.301 e. The lowest BCUT2D eigenvalue weighted by Crippen LogP contribution is -2.52. The Bertz CT molecular complexity index is 628. The predicted molar refractivity (Wildman–Crippen MR) is 89.5 cm³/mol. The van der Waals surface area contributed by atoms with E-state index in [2.05, 4.69) is 21.4 Å². The number of rotatable bonds is 6. The van der Waals surface area contributed by atoms with E-state index in [1.807, 2.05) is 6.92 Å². The smallest absolute Gasteiger partial charge is 0.243 e. The third-order valence-corrected chi connectivity index (χ3v) is 5.93. The molecule has 1 fully saturated rings. The molecule has 1 heterocycles. The van der Waals surface area contributed by atoms with E-state index >= 15 is 0 Å². The standard InChI is InChI=1S/C16H26FN3O2S/c1-4-19-8-10-20(11-9-19)14(3)12-18-23(21,22)15-7-5-6-13(2)16(15)17/h5-7,14,18H,4,8-12H2,1-3H3. The second-order valence-corrected chi connectivity index (χ2v) is 7.79. The molecule has 0 bridgehead atoms. The predicted octanol–water partition coefficient (Wildman–Crippen LogP) is 1.44. The minimum atomic E-state index is -3.82. The summed E-state index contributed by atoms with van der Waals surface area (Å²) in [5.74, 6) is -0.677. The Morgan fingerprint density at radius 3 is 2.52 bits per heavy atom. The lowest BCUT2D eigenvalue weighted by molar-refractivity contribution is 0.107. The number of halogens is 1. The van der Waals surface area contributed by atoms with Gasteiger partial charge in [0.1, 0.15) is 10.7 Å². The van der Waals surface area contributed by atoms with Crippen molar-refractivity contribution in [2.45, 2.75) is 31.7 Å². The Morgan fingerprint density at radius 2 is 1.91 bits per heavy atom. The van der Waals surface area contributed by atoms with E-state index < -0.39 is 15.8 Å². The second-order valence-electron chi connectivity index (χ2n) is 6.06. The molecule has 1 unspecified atom stereocenters. The van der Waals surface area contributed by atoms with E-state index in [0.29, 0.717) is 5.56 Å². The Morgan fingerprint density at radius 1 is 1.26 bits per heavy atom. The zero-order valence-corrected chi connectivity index (χ0v) is 14.9. The van der Waals surface area contributed by atoms with Crippen LogP contribution in [-0.2, 0) is 10.0 Å². The number of nitrogens with one attached hydrogen (secondary N) is 1. The Balaban J connectivity index is 1.95. The molecular formula is C16H26FN3O2S. The fourth-order valence-electron chi connectivity index (χ4n) is 2.79. The molecule has 0 saturated carbocycles. The van der Waals surface area contributed by atoms with E-state index in [9.17, 15) is 12.8 Å². The molecule has 1 saturated heterocycles. The first kappa shape index (κ1) is 18.3. The van der Waals surface area contributed by atoms with Crippen molar-refractivity contribution >= 4 is 10.0 Å². The van der Waals surface area contributed by atoms with Crippen LogP contribution in [0.5, 0.6) is 0 Å². The average Bonchev–Trinajstić information content (AvgIpc) is 2.55. The largest absolute Gasteiger partial charge is 0.301 e. The van der Waals surface area contributed by atoms with E-state index in [4.69, 9.17) is 0 Å². The summed E-state index contributed by atoms with van der Waals surface area (Å²) in [5, 5.41) is 0. The van der Waals surface area contributed by atoms with Crippen LogP contribution in [0.15, 0.2) is 23.1 Å². The Kier molecular flexibility index (Phi) is 6.13. The van der Waals surface area contributed by atoms with Crippen molar-refractivity contribution in [2.24, 2.45) is 0 Å². The van der Waals surface area contributed by atoms with Crippen LogP contribution in [0, 0.1) is 12.7 Å². The van der Waals surface area contributed by atoms with Crippen LogP contribution in [0.25, 0.3) is 0 Å². The van der Waals surface area contributed by atoms with Crippen LogP contribution in [0.2, 0.25) is 0 Å². The van der Waals surface area contributed by atoms with Gasteiger partial charge in [0.25, 0.3) is 0 Å². The summed E-state index contributed by atoms with van der Waals surface area (Å²) in [6.45, 7) is 10.9. The molecule has 1 atom stereocenters. The van der Waals surface area contributed by atoms with Crippen LogP contribution in [0.1, 0.15) is 19.4 Å². The number of benzene rings is 1. The van der Waals surface area contributed by atoms with Crippen molar-refractivity contribution in [3.05, 3.63) is 29.6 Å². The molecule has 1 N–H and O–H groups in total. The van der Waals surface area contributed by atoms with Crippen molar-refractivity contribution < 1.29 is 12.8 Å². The highest BCUT2D eigenvalue weighted by molar-refractivity contribution is 7.89. The molecule has 0 spiro atoms. The Hall–Kier alpha value is -1.02. The Labute approximate surface area is 138 Å². The van der Waals surface area contributed by atoms with Crippen LogP contribution in [-0.4, -0.2) is 63.5 Å². The molecule has 2 rings (SSSR count). The summed E-state index contributed by atoms with van der Waals surface area (Å²) in [6, 6.07) is 4.50. The van der Waals surface area contributed by atoms with Crippen LogP contribution in [0.3, 0.4) is 0 Å². The normalized spacial score (nSPS) is 19.0. The monoisotopic (exact) mass is 343 g/mol. The third-order valence-electron chi connectivity index (χ3n) is 4.49. The van der Waals surface area contributed by atoms with Crippen molar-refractivity contribution in [1.82, 2.24) is 14.5 Å². The van der Waals surface area contributed by atoms with Gasteiger partial charge in [-0.15, -0.1) is 0 Å². The number of hydrogen-bond donors (Lipinski definition) is 1. The van der Waals surface area contributed by atoms with Gasteiger partial charge in [-0.3, -0.25) is 4.90 Å². The summed E-state index contributed by atoms with van der Waals surface area (Å²) < 4.78 is 41.2. The maximum atomic E-state index is 14.0. The highest BCUT2D eigenvalue weighted by atomic mass is 32.2. The number of piperazine rings is 1. The zero-order chi connectivity index (χ0) is 17.0. The molecule has 1 aliphatic heterocycles. The van der Waals surface area contributed by atoms with Crippen LogP contribution >= 0.6 is 0 Å². The van der Waals surface area contributed by atoms with Gasteiger partial charge in [-0.25, -0.2) is 17.5 Å². The van der Waals surface area contributed by atoms with Gasteiger partial charge in [0.05, 0.1) is 0 Å². The number of hydrogen-bond acceptors (Lipinski definition) is 4. The topological polar surface area (TPSA) is 52.6 Å². The highest BCUT2D eigenvalue weighted by Gasteiger charge is 2.24. The molecule has 0 aromatic heterocycles. The maximum Gasteiger partial charge on any atom is 0.243 e. The van der Waals surface area contributed by atoms with Gasteiger partial charge >= 0.3 is 0 Å². The SMILES string of the molecule is CCN1CCN(C(C)CNS(=O)(=O)c2cccc(C)c2F)CC1. The minimum absolute atomic E-state index is 0.0802. The molecule has 0 amide bonds. The van der Waals surface area contributed by atoms with Gasteiger partial charge in [-0.2, -0.15) is 0 Å². The fraction of sp³-hybridized carbons (Fsp3) is 0.625.